The zero-order valence-corrected chi connectivity index (χ0v) is 28.2. The van der Waals surface area contributed by atoms with E-state index in [-0.39, 0.29) is 29.0 Å². The van der Waals surface area contributed by atoms with Crippen molar-refractivity contribution in [2.45, 2.75) is 17.5 Å². The number of hydrogen-bond acceptors (Lipinski definition) is 13. The number of amides is 2. The van der Waals surface area contributed by atoms with Crippen LogP contribution in [0.15, 0.2) is 119 Å². The van der Waals surface area contributed by atoms with Crippen LogP contribution in [0.2, 0.25) is 0 Å². The Kier molecular flexibility index (Phi) is 10.8. The van der Waals surface area contributed by atoms with Crippen LogP contribution in [-0.4, -0.2) is 66.5 Å². The molecule has 15 heteroatoms. The number of esters is 1. The third-order valence-corrected chi connectivity index (χ3v) is 10.1. The van der Waals surface area contributed by atoms with Crippen molar-refractivity contribution < 1.29 is 24.0 Å². The molecule has 0 bridgehead atoms. The van der Waals surface area contributed by atoms with Crippen LogP contribution in [0, 0.1) is 0 Å². The van der Waals surface area contributed by atoms with Gasteiger partial charge in [0.05, 0.1) is 0 Å². The summed E-state index contributed by atoms with van der Waals surface area (Å²) in [5.74, 6) is -1.55. The van der Waals surface area contributed by atoms with E-state index in [4.69, 9.17) is 15.3 Å². The molecule has 4 heterocycles. The third-order valence-electron chi connectivity index (χ3n) is 7.21. The molecule has 0 saturated carbocycles. The lowest BCUT2D eigenvalue weighted by atomic mass is 10.0. The van der Waals surface area contributed by atoms with Crippen LogP contribution in [0.4, 0.5) is 5.13 Å². The lowest BCUT2D eigenvalue weighted by molar-refractivity contribution is -0.154. The molecule has 248 valence electrons. The molecule has 4 aromatic rings. The molecule has 1 saturated heterocycles. The Labute approximate surface area is 294 Å². The quantitative estimate of drug-likeness (QED) is 0.0491. The van der Waals surface area contributed by atoms with E-state index in [2.05, 4.69) is 31.4 Å². The second-order valence-corrected chi connectivity index (χ2v) is 13.3. The maximum atomic E-state index is 14.2. The maximum absolute atomic E-state index is 14.2. The molecule has 2 amide bonds. The van der Waals surface area contributed by atoms with Gasteiger partial charge in [-0.1, -0.05) is 96.3 Å². The Morgan fingerprint density at radius 3 is 2.49 bits per heavy atom. The van der Waals surface area contributed by atoms with E-state index in [9.17, 15) is 14.4 Å². The number of benzene rings is 2. The molecule has 2 aromatic heterocycles. The zero-order valence-electron chi connectivity index (χ0n) is 25.7. The van der Waals surface area contributed by atoms with Crippen molar-refractivity contribution in [2.75, 3.05) is 18.1 Å². The molecule has 2 aromatic carbocycles. The van der Waals surface area contributed by atoms with Gasteiger partial charge in [0, 0.05) is 34.6 Å². The smallest absolute Gasteiger partial charge is 0.356 e. The van der Waals surface area contributed by atoms with E-state index in [1.165, 1.54) is 34.5 Å². The van der Waals surface area contributed by atoms with E-state index in [0.29, 0.717) is 10.7 Å². The minimum Gasteiger partial charge on any atom is -0.448 e. The maximum Gasteiger partial charge on any atom is 0.356 e. The number of β-lactam (4-membered cyclic amide) rings is 1. The van der Waals surface area contributed by atoms with Crippen molar-refractivity contribution in [2.24, 2.45) is 5.16 Å². The normalized spacial score (nSPS) is 17.4. The van der Waals surface area contributed by atoms with Crippen LogP contribution in [0.1, 0.15) is 28.6 Å². The number of rotatable bonds is 13. The summed E-state index contributed by atoms with van der Waals surface area (Å²) in [6.07, 6.45) is 6.01. The molecule has 0 radical (unpaired) electrons. The monoisotopic (exact) mass is 711 g/mol. The number of nitrogens with two attached hydrogens (primary N) is 1. The number of nitrogens with zero attached hydrogens (tertiary/aromatic N) is 5. The number of carbonyl (C=O) groups is 3. The largest absolute Gasteiger partial charge is 0.448 e. The first-order chi connectivity index (χ1) is 23.9. The first-order valence-electron chi connectivity index (χ1n) is 14.9. The molecule has 49 heavy (non-hydrogen) atoms. The molecule has 12 nitrogen and oxygen atoms in total. The van der Waals surface area contributed by atoms with Crippen LogP contribution in [0.25, 0.3) is 6.08 Å². The van der Waals surface area contributed by atoms with Gasteiger partial charge in [0.2, 0.25) is 11.5 Å². The lowest BCUT2D eigenvalue weighted by Gasteiger charge is -2.49. The van der Waals surface area contributed by atoms with Crippen LogP contribution in [0.3, 0.4) is 0 Å². The van der Waals surface area contributed by atoms with Crippen LogP contribution in [-0.2, 0) is 24.0 Å². The molecule has 2 aliphatic heterocycles. The number of thioether (sulfide) groups is 2. The van der Waals surface area contributed by atoms with Crippen LogP contribution in [0.5, 0.6) is 0 Å². The van der Waals surface area contributed by atoms with Crippen LogP contribution >= 0.6 is 35.1 Å². The van der Waals surface area contributed by atoms with Gasteiger partial charge in [-0.3, -0.25) is 19.5 Å². The van der Waals surface area contributed by atoms with Gasteiger partial charge in [0.15, 0.2) is 11.2 Å². The highest BCUT2D eigenvalue weighted by Crippen LogP contribution is 2.45. The van der Waals surface area contributed by atoms with E-state index in [1.54, 1.807) is 12.4 Å². The molecule has 2 atom stereocenters. The number of carbonyl (C=O) groups excluding carboxylic acids is 3. The van der Waals surface area contributed by atoms with E-state index in [1.807, 2.05) is 84.3 Å². The highest BCUT2D eigenvalue weighted by atomic mass is 32.2. The van der Waals surface area contributed by atoms with Gasteiger partial charge in [0.1, 0.15) is 23.7 Å². The highest BCUT2D eigenvalue weighted by molar-refractivity contribution is 8.08. The number of oxime groups is 1. The number of ether oxygens (including phenoxy) is 1. The molecule has 2 aliphatic rings. The summed E-state index contributed by atoms with van der Waals surface area (Å²) < 4.78 is 10.3. The van der Waals surface area contributed by atoms with Gasteiger partial charge in [-0.25, -0.2) is 4.79 Å². The second kappa shape index (κ2) is 15.8. The molecular weight excluding hydrogens is 683 g/mol. The van der Waals surface area contributed by atoms with Crippen molar-refractivity contribution in [1.82, 2.24) is 24.6 Å². The summed E-state index contributed by atoms with van der Waals surface area (Å²) in [5, 5.41) is 7.97. The summed E-state index contributed by atoms with van der Waals surface area (Å²) in [6.45, 7) is 3.60. The molecule has 0 aliphatic carbocycles. The average Bonchev–Trinajstić information content (AvgIpc) is 3.57. The summed E-state index contributed by atoms with van der Waals surface area (Å²) >= 11 is 3.62. The second-order valence-electron chi connectivity index (χ2n) is 10.4. The number of hydrogen-bond donors (Lipinski definition) is 2. The van der Waals surface area contributed by atoms with Crippen molar-refractivity contribution in [1.29, 1.82) is 0 Å². The van der Waals surface area contributed by atoms with Crippen molar-refractivity contribution in [3.05, 3.63) is 136 Å². The summed E-state index contributed by atoms with van der Waals surface area (Å²) in [4.78, 5) is 56.8. The number of anilines is 1. The molecule has 3 N–H and O–H groups in total. The predicted octanol–water partition coefficient (Wildman–Crippen LogP) is 4.77. The summed E-state index contributed by atoms with van der Waals surface area (Å²) in [6, 6.07) is 21.6. The topological polar surface area (TPSA) is 162 Å². The number of nitrogens with one attached hydrogen (secondary N) is 1. The highest BCUT2D eigenvalue weighted by Gasteiger charge is 2.55. The third kappa shape index (κ3) is 7.74. The van der Waals surface area contributed by atoms with Gasteiger partial charge in [-0.05, 0) is 34.2 Å². The Morgan fingerprint density at radius 2 is 1.86 bits per heavy atom. The Hall–Kier alpha value is -5.25. The van der Waals surface area contributed by atoms with Crippen molar-refractivity contribution in [3.8, 4) is 0 Å². The predicted molar refractivity (Wildman–Crippen MR) is 191 cm³/mol. The SMILES string of the molecule is C=CCON=C(C(=O)NC1C(=O)N2C(C(=O)OC(c3ccccc3)c3ccccc3)=C(S/C=C\c3cccnc3)CS[C@@H]12)c1nsc(N)n1. The fourth-order valence-electron chi connectivity index (χ4n) is 4.97. The lowest BCUT2D eigenvalue weighted by Crippen LogP contribution is -2.71. The van der Waals surface area contributed by atoms with Gasteiger partial charge in [0.25, 0.3) is 11.8 Å². The number of aromatic nitrogens is 3. The molecule has 6 rings (SSSR count). The molecule has 1 fully saturated rings. The summed E-state index contributed by atoms with van der Waals surface area (Å²) in [5.41, 5.74) is 8.03. The van der Waals surface area contributed by atoms with E-state index < -0.39 is 35.3 Å². The van der Waals surface area contributed by atoms with E-state index in [0.717, 1.165) is 28.2 Å². The van der Waals surface area contributed by atoms with Crippen molar-refractivity contribution >= 4 is 69.8 Å². The van der Waals surface area contributed by atoms with Gasteiger partial charge in [-0.2, -0.15) is 9.36 Å². The first kappa shape index (κ1) is 33.6. The first-order valence-corrected chi connectivity index (χ1v) is 17.6. The average molecular weight is 712 g/mol. The van der Waals surface area contributed by atoms with Crippen molar-refractivity contribution in [3.63, 3.8) is 0 Å². The fraction of sp³-hybridized carbons (Fsp3) is 0.147. The molecular formula is C34H29N7O5S3. The standard InChI is InChI=1S/C34H29N7O5S3/c1-2-17-45-39-25(29-38-34(35)49-40-29)30(42)37-26-31(43)41-27(24(20-48-32(26)41)47-18-15-21-10-9-16-36-19-21)33(44)46-28(22-11-5-3-6-12-22)23-13-7-4-8-14-23/h2-16,18-19,26,28,32H,1,17,20H2,(H,37,42)(H2,35,38,40)/b18-15-,39-25?/t26?,32-/m0/s1. The van der Waals surface area contributed by atoms with Gasteiger partial charge in [-0.15, -0.1) is 11.8 Å². The number of nitrogen functional groups attached to an aromatic ring is 1. The van der Waals surface area contributed by atoms with Gasteiger partial charge >= 0.3 is 5.97 Å². The fourth-order valence-corrected chi connectivity index (χ4v) is 7.75. The number of fused-ring (bicyclic) bond motifs is 1. The van der Waals surface area contributed by atoms with Crippen LogP contribution < -0.4 is 11.1 Å². The Balaban J connectivity index is 1.28. The number of pyridine rings is 1. The minimum atomic E-state index is -0.975. The van der Waals surface area contributed by atoms with Gasteiger partial charge < -0.3 is 20.6 Å². The Morgan fingerprint density at radius 1 is 1.12 bits per heavy atom. The molecule has 1 unspecified atom stereocenters. The molecule has 0 spiro atoms. The zero-order chi connectivity index (χ0) is 34.2. The summed E-state index contributed by atoms with van der Waals surface area (Å²) in [7, 11) is 0. The Bertz CT molecular complexity index is 1880. The van der Waals surface area contributed by atoms with E-state index >= 15 is 0 Å². The minimum absolute atomic E-state index is 0.0317.